The van der Waals surface area contributed by atoms with Gasteiger partial charge in [0.2, 0.25) is 0 Å². The molecule has 9 atom stereocenters. The Labute approximate surface area is 191 Å². The average Bonchev–Trinajstić information content (AvgIpc) is 3.04. The lowest BCUT2D eigenvalue weighted by molar-refractivity contribution is -0.163. The van der Waals surface area contributed by atoms with Crippen molar-refractivity contribution in [3.8, 4) is 0 Å². The van der Waals surface area contributed by atoms with Gasteiger partial charge in [-0.2, -0.15) is 0 Å². The summed E-state index contributed by atoms with van der Waals surface area (Å²) in [6.45, 7) is 12.1. The van der Waals surface area contributed by atoms with Crippen LogP contribution in [0.1, 0.15) is 105 Å². The molecule has 0 bridgehead atoms. The van der Waals surface area contributed by atoms with E-state index in [2.05, 4.69) is 20.8 Å². The molecular weight excluding hydrogens is 384 g/mol. The van der Waals surface area contributed by atoms with E-state index in [1.807, 2.05) is 13.8 Å². The van der Waals surface area contributed by atoms with E-state index in [0.717, 1.165) is 49.4 Å². The van der Waals surface area contributed by atoms with Crippen LogP contribution in [0.15, 0.2) is 0 Å². The predicted molar refractivity (Wildman–Crippen MR) is 127 cm³/mol. The minimum absolute atomic E-state index is 0.412. The van der Waals surface area contributed by atoms with Crippen LogP contribution in [0, 0.1) is 46.3 Å². The molecule has 180 valence electrons. The summed E-state index contributed by atoms with van der Waals surface area (Å²) in [6.07, 6.45) is 13.4. The van der Waals surface area contributed by atoms with E-state index in [0.29, 0.717) is 29.3 Å². The summed E-state index contributed by atoms with van der Waals surface area (Å²) in [5.74, 6) is 4.82. The van der Waals surface area contributed by atoms with Gasteiger partial charge in [-0.05, 0) is 131 Å². The van der Waals surface area contributed by atoms with Gasteiger partial charge < -0.3 is 14.9 Å². The molecule has 0 aromatic carbocycles. The van der Waals surface area contributed by atoms with Crippen LogP contribution in [0.4, 0.5) is 0 Å². The molecule has 0 amide bonds. The van der Waals surface area contributed by atoms with Crippen molar-refractivity contribution < 1.29 is 14.9 Å². The van der Waals surface area contributed by atoms with Crippen molar-refractivity contribution in [2.24, 2.45) is 46.3 Å². The highest BCUT2D eigenvalue weighted by Crippen LogP contribution is 2.68. The van der Waals surface area contributed by atoms with Crippen LogP contribution in [-0.2, 0) is 4.74 Å². The number of ether oxygens (including phenoxy) is 1. The third-order valence-electron chi connectivity index (χ3n) is 11.2. The number of fused-ring (bicyclic) bond motifs is 5. The Morgan fingerprint density at radius 2 is 1.68 bits per heavy atom. The Hall–Kier alpha value is -0.120. The Morgan fingerprint density at radius 3 is 2.35 bits per heavy atom. The summed E-state index contributed by atoms with van der Waals surface area (Å²) in [5, 5.41) is 21.3. The third-order valence-corrected chi connectivity index (χ3v) is 11.2. The van der Waals surface area contributed by atoms with E-state index in [1.54, 1.807) is 7.11 Å². The summed E-state index contributed by atoms with van der Waals surface area (Å²) < 4.78 is 5.38. The molecule has 4 rings (SSSR count). The summed E-state index contributed by atoms with van der Waals surface area (Å²) in [6, 6.07) is 0. The standard InChI is InChI=1S/C28H50O3/c1-19(11-13-25(2,3)29)22-9-10-23-21-8-7-20-17-28(30,18-31-6)16-15-26(20,4)24(21)12-14-27(22,23)5/h19-24,29-30H,7-18H2,1-6H3. The first-order valence-electron chi connectivity index (χ1n) is 13.4. The van der Waals surface area contributed by atoms with Crippen LogP contribution in [-0.4, -0.2) is 35.1 Å². The first kappa shape index (κ1) is 24.0. The summed E-state index contributed by atoms with van der Waals surface area (Å²) in [7, 11) is 1.73. The van der Waals surface area contributed by atoms with Crippen molar-refractivity contribution in [3.63, 3.8) is 0 Å². The molecule has 0 aliphatic heterocycles. The molecule has 4 aliphatic carbocycles. The second-order valence-electron chi connectivity index (χ2n) is 13.6. The van der Waals surface area contributed by atoms with Crippen LogP contribution >= 0.6 is 0 Å². The van der Waals surface area contributed by atoms with E-state index in [9.17, 15) is 10.2 Å². The van der Waals surface area contributed by atoms with E-state index in [-0.39, 0.29) is 0 Å². The Kier molecular flexibility index (Phi) is 6.41. The number of hydrogen-bond acceptors (Lipinski definition) is 3. The smallest absolute Gasteiger partial charge is 0.0883 e. The van der Waals surface area contributed by atoms with Crippen LogP contribution in [0.5, 0.6) is 0 Å². The maximum atomic E-state index is 11.1. The summed E-state index contributed by atoms with van der Waals surface area (Å²) in [5.41, 5.74) is -0.226. The maximum absolute atomic E-state index is 11.1. The SMILES string of the molecule is COCC1(O)CCC2(C)C(CCC3C2CCC2(C)C(C(C)CCC(C)(C)O)CCC32)C1. The molecule has 3 heteroatoms. The Morgan fingerprint density at radius 1 is 0.968 bits per heavy atom. The molecule has 0 saturated heterocycles. The van der Waals surface area contributed by atoms with Gasteiger partial charge in [-0.15, -0.1) is 0 Å². The van der Waals surface area contributed by atoms with Gasteiger partial charge in [-0.1, -0.05) is 20.8 Å². The minimum atomic E-state index is -0.594. The molecule has 0 heterocycles. The monoisotopic (exact) mass is 434 g/mol. The fraction of sp³-hybridized carbons (Fsp3) is 1.00. The molecule has 4 aliphatic rings. The van der Waals surface area contributed by atoms with E-state index < -0.39 is 11.2 Å². The third kappa shape index (κ3) is 4.26. The Bertz CT molecular complexity index is 641. The van der Waals surface area contributed by atoms with Gasteiger partial charge in [0, 0.05) is 7.11 Å². The lowest BCUT2D eigenvalue weighted by Crippen LogP contribution is -2.56. The molecule has 4 saturated carbocycles. The van der Waals surface area contributed by atoms with Crippen molar-refractivity contribution in [2.75, 3.05) is 13.7 Å². The van der Waals surface area contributed by atoms with Crippen molar-refractivity contribution in [1.82, 2.24) is 0 Å². The highest BCUT2D eigenvalue weighted by atomic mass is 16.5. The normalized spacial score (nSPS) is 48.6. The second kappa shape index (κ2) is 8.27. The summed E-state index contributed by atoms with van der Waals surface area (Å²) in [4.78, 5) is 0. The van der Waals surface area contributed by atoms with Crippen molar-refractivity contribution in [1.29, 1.82) is 0 Å². The van der Waals surface area contributed by atoms with Crippen LogP contribution in [0.25, 0.3) is 0 Å². The molecule has 9 unspecified atom stereocenters. The number of rotatable bonds is 6. The van der Waals surface area contributed by atoms with Crippen molar-refractivity contribution in [2.45, 2.75) is 116 Å². The van der Waals surface area contributed by atoms with Crippen LogP contribution < -0.4 is 0 Å². The van der Waals surface area contributed by atoms with Gasteiger partial charge in [0.25, 0.3) is 0 Å². The van der Waals surface area contributed by atoms with E-state index in [4.69, 9.17) is 4.74 Å². The van der Waals surface area contributed by atoms with Crippen molar-refractivity contribution >= 4 is 0 Å². The molecule has 2 N–H and O–H groups in total. The lowest BCUT2D eigenvalue weighted by Gasteiger charge is -2.62. The first-order valence-corrected chi connectivity index (χ1v) is 13.4. The van der Waals surface area contributed by atoms with Crippen LogP contribution in [0.3, 0.4) is 0 Å². The zero-order valence-electron chi connectivity index (χ0n) is 21.3. The van der Waals surface area contributed by atoms with Crippen LogP contribution in [0.2, 0.25) is 0 Å². The molecule has 4 fully saturated rings. The van der Waals surface area contributed by atoms with E-state index in [1.165, 1.54) is 44.9 Å². The average molecular weight is 435 g/mol. The molecule has 3 nitrogen and oxygen atoms in total. The topological polar surface area (TPSA) is 49.7 Å². The highest BCUT2D eigenvalue weighted by Gasteiger charge is 2.61. The van der Waals surface area contributed by atoms with Gasteiger partial charge in [-0.3, -0.25) is 0 Å². The highest BCUT2D eigenvalue weighted by molar-refractivity contribution is 5.11. The number of hydrogen-bond donors (Lipinski definition) is 2. The summed E-state index contributed by atoms with van der Waals surface area (Å²) >= 11 is 0. The van der Waals surface area contributed by atoms with Gasteiger partial charge in [0.15, 0.2) is 0 Å². The van der Waals surface area contributed by atoms with Gasteiger partial charge >= 0.3 is 0 Å². The predicted octanol–water partition coefficient (Wildman–Crippen LogP) is 6.21. The molecule has 0 radical (unpaired) electrons. The number of aliphatic hydroxyl groups is 2. The fourth-order valence-corrected chi connectivity index (χ4v) is 9.48. The van der Waals surface area contributed by atoms with Crippen molar-refractivity contribution in [3.05, 3.63) is 0 Å². The van der Waals surface area contributed by atoms with E-state index >= 15 is 0 Å². The molecule has 0 aromatic rings. The van der Waals surface area contributed by atoms with Gasteiger partial charge in [0.05, 0.1) is 17.8 Å². The maximum Gasteiger partial charge on any atom is 0.0883 e. The number of methoxy groups -OCH3 is 1. The second-order valence-corrected chi connectivity index (χ2v) is 13.6. The fourth-order valence-electron chi connectivity index (χ4n) is 9.48. The zero-order valence-corrected chi connectivity index (χ0v) is 21.3. The molecule has 31 heavy (non-hydrogen) atoms. The molecular formula is C28H50O3. The quantitative estimate of drug-likeness (QED) is 0.522. The molecule has 0 spiro atoms. The zero-order chi connectivity index (χ0) is 22.7. The Balaban J connectivity index is 1.47. The molecule has 0 aromatic heterocycles. The largest absolute Gasteiger partial charge is 0.390 e. The lowest BCUT2D eigenvalue weighted by atomic mass is 9.43. The van der Waals surface area contributed by atoms with Gasteiger partial charge in [0.1, 0.15) is 0 Å². The van der Waals surface area contributed by atoms with Gasteiger partial charge in [-0.25, -0.2) is 0 Å². The minimum Gasteiger partial charge on any atom is -0.390 e. The first-order chi connectivity index (χ1) is 14.4.